The van der Waals surface area contributed by atoms with E-state index in [0.717, 1.165) is 32.9 Å². The van der Waals surface area contributed by atoms with Gasteiger partial charge < -0.3 is 26.5 Å². The van der Waals surface area contributed by atoms with Crippen molar-refractivity contribution in [2.24, 2.45) is 11.5 Å². The molecule has 2 aromatic heterocycles. The number of para-hydroxylation sites is 2. The molecule has 0 radical (unpaired) electrons. The molecule has 0 fully saturated rings. The molecule has 0 aliphatic carbocycles. The molecule has 41 heavy (non-hydrogen) atoms. The van der Waals surface area contributed by atoms with E-state index in [1.807, 2.05) is 48.5 Å². The third-order valence-electron chi connectivity index (χ3n) is 8.18. The number of carbonyl (C=O) groups is 3. The SMILES string of the molecule is N[C@@H](Cc1c[nH]c2ccccc12)C(=O)C1(C(=O)[C@@H](N)Cc2c[nH]c3ccccc23)NC(C(=O)O)Cc2ccccc21. The van der Waals surface area contributed by atoms with Crippen molar-refractivity contribution >= 4 is 39.3 Å². The molecule has 3 atom stereocenters. The van der Waals surface area contributed by atoms with Gasteiger partial charge in [-0.3, -0.25) is 19.7 Å². The lowest BCUT2D eigenvalue weighted by atomic mass is 9.70. The normalized spacial score (nSPS) is 17.7. The molecule has 0 saturated heterocycles. The van der Waals surface area contributed by atoms with E-state index in [9.17, 15) is 19.5 Å². The molecule has 208 valence electrons. The Morgan fingerprint density at radius 2 is 1.27 bits per heavy atom. The molecule has 3 aromatic carbocycles. The number of hydrogen-bond acceptors (Lipinski definition) is 6. The van der Waals surface area contributed by atoms with E-state index in [0.29, 0.717) is 11.1 Å². The summed E-state index contributed by atoms with van der Waals surface area (Å²) in [6.45, 7) is 0. The summed E-state index contributed by atoms with van der Waals surface area (Å²) in [5.41, 5.74) is 15.6. The quantitative estimate of drug-likeness (QED) is 0.154. The fourth-order valence-electron chi connectivity index (χ4n) is 6.17. The van der Waals surface area contributed by atoms with Gasteiger partial charge in [0.1, 0.15) is 6.04 Å². The molecule has 9 nitrogen and oxygen atoms in total. The topological polar surface area (TPSA) is 167 Å². The summed E-state index contributed by atoms with van der Waals surface area (Å²) in [7, 11) is 0. The highest BCUT2D eigenvalue weighted by molar-refractivity contribution is 6.16. The zero-order chi connectivity index (χ0) is 28.7. The summed E-state index contributed by atoms with van der Waals surface area (Å²) < 4.78 is 0. The molecule has 6 rings (SSSR count). The molecule has 1 aliphatic heterocycles. The molecule has 9 heteroatoms. The molecule has 8 N–H and O–H groups in total. The number of Topliss-reactive ketones (excluding diaryl/α,β-unsaturated/α-hetero) is 2. The number of aromatic nitrogens is 2. The van der Waals surface area contributed by atoms with Gasteiger partial charge in [-0.05, 0) is 53.6 Å². The molecule has 0 spiro atoms. The first kappa shape index (κ1) is 26.6. The van der Waals surface area contributed by atoms with E-state index in [1.165, 1.54) is 0 Å². The first-order chi connectivity index (χ1) is 19.8. The van der Waals surface area contributed by atoms with Crippen LogP contribution in [0.2, 0.25) is 0 Å². The molecule has 1 unspecified atom stereocenters. The van der Waals surface area contributed by atoms with Crippen molar-refractivity contribution < 1.29 is 19.5 Å². The molecule has 1 aliphatic rings. The smallest absolute Gasteiger partial charge is 0.321 e. The van der Waals surface area contributed by atoms with Crippen LogP contribution >= 0.6 is 0 Å². The van der Waals surface area contributed by atoms with E-state index >= 15 is 0 Å². The minimum absolute atomic E-state index is 0.114. The van der Waals surface area contributed by atoms with Gasteiger partial charge >= 0.3 is 5.97 Å². The highest BCUT2D eigenvalue weighted by Crippen LogP contribution is 2.36. The molecule has 3 heterocycles. The number of nitrogens with one attached hydrogen (secondary N) is 3. The van der Waals surface area contributed by atoms with E-state index in [1.54, 1.807) is 36.7 Å². The number of benzene rings is 3. The molecule has 5 aromatic rings. The number of nitrogens with two attached hydrogens (primary N) is 2. The Bertz CT molecular complexity index is 1690. The van der Waals surface area contributed by atoms with Crippen molar-refractivity contribution in [1.29, 1.82) is 0 Å². The highest BCUT2D eigenvalue weighted by atomic mass is 16.4. The maximum atomic E-state index is 14.5. The molecule has 0 amide bonds. The monoisotopic (exact) mass is 549 g/mol. The second-order valence-electron chi connectivity index (χ2n) is 10.7. The van der Waals surface area contributed by atoms with Crippen molar-refractivity contribution in [3.8, 4) is 0 Å². The lowest BCUT2D eigenvalue weighted by Gasteiger charge is -2.42. The number of H-pyrrole nitrogens is 2. The Morgan fingerprint density at radius 1 is 0.780 bits per heavy atom. The second-order valence-corrected chi connectivity index (χ2v) is 10.7. The van der Waals surface area contributed by atoms with E-state index in [-0.39, 0.29) is 19.3 Å². The van der Waals surface area contributed by atoms with Gasteiger partial charge in [0.25, 0.3) is 0 Å². The molecular weight excluding hydrogens is 518 g/mol. The number of ketones is 2. The van der Waals surface area contributed by atoms with Gasteiger partial charge in [-0.2, -0.15) is 0 Å². The minimum atomic E-state index is -2.03. The van der Waals surface area contributed by atoms with Gasteiger partial charge in [0.05, 0.1) is 12.1 Å². The van der Waals surface area contributed by atoms with Crippen LogP contribution in [0.1, 0.15) is 22.3 Å². The summed E-state index contributed by atoms with van der Waals surface area (Å²) in [5, 5.41) is 14.8. The number of rotatable bonds is 9. The minimum Gasteiger partial charge on any atom is -0.480 e. The van der Waals surface area contributed by atoms with Crippen LogP contribution in [-0.2, 0) is 39.2 Å². The van der Waals surface area contributed by atoms with Crippen LogP contribution in [0, 0.1) is 0 Å². The van der Waals surface area contributed by atoms with E-state index in [4.69, 9.17) is 11.5 Å². The number of carboxylic acids is 1. The van der Waals surface area contributed by atoms with Gasteiger partial charge in [-0.25, -0.2) is 0 Å². The van der Waals surface area contributed by atoms with Crippen molar-refractivity contribution in [3.63, 3.8) is 0 Å². The van der Waals surface area contributed by atoms with Crippen molar-refractivity contribution in [3.05, 3.63) is 107 Å². The van der Waals surface area contributed by atoms with Gasteiger partial charge in [-0.1, -0.05) is 60.7 Å². The third-order valence-corrected chi connectivity index (χ3v) is 8.18. The maximum Gasteiger partial charge on any atom is 0.321 e. The Labute approximate surface area is 235 Å². The van der Waals surface area contributed by atoms with Crippen molar-refractivity contribution in [2.45, 2.75) is 42.9 Å². The van der Waals surface area contributed by atoms with Crippen LogP contribution in [0.5, 0.6) is 0 Å². The summed E-state index contributed by atoms with van der Waals surface area (Å²) in [6, 6.07) is 18.9. The van der Waals surface area contributed by atoms with Crippen LogP contribution in [0.3, 0.4) is 0 Å². The summed E-state index contributed by atoms with van der Waals surface area (Å²) in [6.07, 6.45) is 4.02. The number of carbonyl (C=O) groups excluding carboxylic acids is 2. The highest BCUT2D eigenvalue weighted by Gasteiger charge is 2.55. The predicted octanol–water partition coefficient (Wildman–Crippen LogP) is 2.72. The van der Waals surface area contributed by atoms with Gasteiger partial charge in [0, 0.05) is 34.2 Å². The van der Waals surface area contributed by atoms with Crippen molar-refractivity contribution in [2.75, 3.05) is 0 Å². The fraction of sp³-hybridized carbons (Fsp3) is 0.219. The maximum absolute atomic E-state index is 14.5. The Morgan fingerprint density at radius 3 is 1.80 bits per heavy atom. The summed E-state index contributed by atoms with van der Waals surface area (Å²) in [5.74, 6) is -2.39. The predicted molar refractivity (Wildman–Crippen MR) is 156 cm³/mol. The standard InChI is InChI=1S/C32H31N5O4/c33-24(13-19-16-35-26-11-5-2-8-21(19)26)29(38)32(23-10-4-1-7-18(23)15-28(37-32)31(40)41)30(39)25(34)14-20-17-36-27-12-6-3-9-22(20)27/h1-12,16-17,24-25,28,35-37H,13-15,33-34H2,(H,40,41)/t24-,25-,28?/m0/s1. The zero-order valence-electron chi connectivity index (χ0n) is 22.3. The average molecular weight is 550 g/mol. The fourth-order valence-corrected chi connectivity index (χ4v) is 6.17. The average Bonchev–Trinajstić information content (AvgIpc) is 3.59. The van der Waals surface area contributed by atoms with Crippen LogP contribution in [0.4, 0.5) is 0 Å². The zero-order valence-corrected chi connectivity index (χ0v) is 22.3. The first-order valence-electron chi connectivity index (χ1n) is 13.6. The largest absolute Gasteiger partial charge is 0.480 e. The van der Waals surface area contributed by atoms with E-state index in [2.05, 4.69) is 15.3 Å². The van der Waals surface area contributed by atoms with Crippen LogP contribution < -0.4 is 16.8 Å². The number of aromatic amines is 2. The number of fused-ring (bicyclic) bond motifs is 3. The Balaban J connectivity index is 1.42. The summed E-state index contributed by atoms with van der Waals surface area (Å²) in [4.78, 5) is 47.7. The van der Waals surface area contributed by atoms with Crippen LogP contribution in [-0.4, -0.2) is 50.7 Å². The number of hydrogen-bond donors (Lipinski definition) is 6. The summed E-state index contributed by atoms with van der Waals surface area (Å²) >= 11 is 0. The number of aliphatic carboxylic acids is 1. The van der Waals surface area contributed by atoms with Crippen LogP contribution in [0.15, 0.2) is 85.2 Å². The first-order valence-corrected chi connectivity index (χ1v) is 13.6. The van der Waals surface area contributed by atoms with Gasteiger partial charge in [-0.15, -0.1) is 0 Å². The second kappa shape index (κ2) is 10.4. The van der Waals surface area contributed by atoms with Crippen LogP contribution in [0.25, 0.3) is 21.8 Å². The Kier molecular flexibility index (Phi) is 6.78. The number of carboxylic acid groups (broad SMARTS) is 1. The third kappa shape index (κ3) is 4.54. The van der Waals surface area contributed by atoms with E-state index < -0.39 is 41.2 Å². The molecule has 0 saturated carbocycles. The lowest BCUT2D eigenvalue weighted by Crippen LogP contribution is -2.69. The lowest BCUT2D eigenvalue weighted by molar-refractivity contribution is -0.144. The molecular formula is C32H31N5O4. The van der Waals surface area contributed by atoms with Gasteiger partial charge in [0.2, 0.25) is 0 Å². The molecule has 0 bridgehead atoms. The van der Waals surface area contributed by atoms with Gasteiger partial charge in [0.15, 0.2) is 17.1 Å². The Hall–Kier alpha value is -4.57. The van der Waals surface area contributed by atoms with Crippen molar-refractivity contribution in [1.82, 2.24) is 15.3 Å².